The molecule has 154 valence electrons. The van der Waals surface area contributed by atoms with E-state index in [1.807, 2.05) is 48.5 Å². The smallest absolute Gasteiger partial charge is 0.314 e. The maximum Gasteiger partial charge on any atom is 0.314 e. The van der Waals surface area contributed by atoms with E-state index in [1.54, 1.807) is 0 Å². The number of esters is 1. The summed E-state index contributed by atoms with van der Waals surface area (Å²) in [5.41, 5.74) is 2.27. The summed E-state index contributed by atoms with van der Waals surface area (Å²) in [6.45, 7) is 2.38. The van der Waals surface area contributed by atoms with Gasteiger partial charge in [0, 0.05) is 65.4 Å². The molecule has 4 heteroatoms. The molecule has 4 rings (SSSR count). The van der Waals surface area contributed by atoms with Crippen LogP contribution in [0.15, 0.2) is 48.5 Å². The molecule has 2 aliphatic carbocycles. The van der Waals surface area contributed by atoms with Crippen molar-refractivity contribution >= 4 is 5.97 Å². The van der Waals surface area contributed by atoms with Crippen molar-refractivity contribution in [2.45, 2.75) is 58.3 Å². The fourth-order valence-electron chi connectivity index (χ4n) is 5.08. The number of hydrogen-bond donors (Lipinski definition) is 0. The topological polar surface area (TPSA) is 26.3 Å². The summed E-state index contributed by atoms with van der Waals surface area (Å²) >= 11 is 0. The van der Waals surface area contributed by atoms with E-state index in [2.05, 4.69) is 13.0 Å². The minimum atomic E-state index is -0.0437. The quantitative estimate of drug-likeness (QED) is 0.240. The molecule has 2 fully saturated rings. The van der Waals surface area contributed by atoms with Crippen LogP contribution >= 0.6 is 0 Å². The Hall–Kier alpha value is 0.118. The summed E-state index contributed by atoms with van der Waals surface area (Å²) in [6, 6.07) is 18.8. The molecule has 0 amide bonds. The second-order valence-corrected chi connectivity index (χ2v) is 8.87. The van der Waals surface area contributed by atoms with Crippen molar-refractivity contribution in [1.82, 2.24) is 0 Å². The number of hydrogen-bond acceptors (Lipinski definition) is 2. The standard InChI is InChI=1S/C26H31O2.2Y/c1-19-7-9-21(10-8-19)22-11-13-24(14-12-22)26(27)28-25-17-15-23(16-18-25)20-5-3-2-4-6-20;;/h3-6,15-19,21-22,24H,7-14H2,1H3;;/q-1;;. The monoisotopic (exact) mass is 553 g/mol. The molecule has 2 radical (unpaired) electrons. The van der Waals surface area contributed by atoms with Crippen LogP contribution in [0.2, 0.25) is 0 Å². The predicted octanol–water partition coefficient (Wildman–Crippen LogP) is 6.69. The van der Waals surface area contributed by atoms with E-state index in [4.69, 9.17) is 4.74 Å². The molecular formula is C26H31O2Y2-. The Balaban J connectivity index is 0.00000160. The second kappa shape index (κ2) is 13.0. The van der Waals surface area contributed by atoms with Gasteiger partial charge in [0.2, 0.25) is 0 Å². The zero-order chi connectivity index (χ0) is 19.3. The van der Waals surface area contributed by atoms with Crippen molar-refractivity contribution in [2.24, 2.45) is 23.7 Å². The largest absolute Gasteiger partial charge is 0.426 e. The van der Waals surface area contributed by atoms with Crippen LogP contribution < -0.4 is 4.74 Å². The molecule has 0 aromatic heterocycles. The molecule has 0 heterocycles. The van der Waals surface area contributed by atoms with Gasteiger partial charge >= 0.3 is 5.97 Å². The zero-order valence-electron chi connectivity index (χ0n) is 18.1. The van der Waals surface area contributed by atoms with Crippen LogP contribution in [-0.4, -0.2) is 5.97 Å². The summed E-state index contributed by atoms with van der Waals surface area (Å²) in [5.74, 6) is 3.32. The van der Waals surface area contributed by atoms with Gasteiger partial charge in [-0.05, 0) is 74.0 Å². The molecule has 2 aromatic carbocycles. The molecule has 2 aliphatic rings. The third-order valence-electron chi connectivity index (χ3n) is 6.96. The van der Waals surface area contributed by atoms with Crippen LogP contribution in [0.3, 0.4) is 0 Å². The molecule has 0 bridgehead atoms. The van der Waals surface area contributed by atoms with Crippen molar-refractivity contribution in [3.8, 4) is 16.9 Å². The summed E-state index contributed by atoms with van der Waals surface area (Å²) < 4.78 is 5.69. The molecule has 2 nitrogen and oxygen atoms in total. The Morgan fingerprint density at radius 3 is 1.83 bits per heavy atom. The molecule has 2 aromatic rings. The first-order chi connectivity index (χ1) is 13.7. The summed E-state index contributed by atoms with van der Waals surface area (Å²) in [7, 11) is 0. The van der Waals surface area contributed by atoms with E-state index >= 15 is 0 Å². The zero-order valence-corrected chi connectivity index (χ0v) is 23.7. The van der Waals surface area contributed by atoms with Gasteiger partial charge < -0.3 is 4.74 Å². The van der Waals surface area contributed by atoms with Crippen LogP contribution in [0.1, 0.15) is 58.3 Å². The number of benzene rings is 2. The molecule has 0 N–H and O–H groups in total. The normalized spacial score (nSPS) is 26.0. The first kappa shape index (κ1) is 26.4. The SMILES string of the molecule is CC1CCC(C2CCC(C(=O)Oc3ccc(-c4cc[c-]cc4)cc3)CC2)CC1.[Y].[Y]. The van der Waals surface area contributed by atoms with Crippen LogP contribution in [0.4, 0.5) is 0 Å². The van der Waals surface area contributed by atoms with Crippen LogP contribution in [-0.2, 0) is 70.2 Å². The van der Waals surface area contributed by atoms with E-state index in [-0.39, 0.29) is 77.3 Å². The number of rotatable bonds is 4. The van der Waals surface area contributed by atoms with Crippen molar-refractivity contribution < 1.29 is 74.9 Å². The summed E-state index contributed by atoms with van der Waals surface area (Å²) in [4.78, 5) is 12.6. The van der Waals surface area contributed by atoms with E-state index < -0.39 is 0 Å². The Morgan fingerprint density at radius 1 is 0.767 bits per heavy atom. The minimum Gasteiger partial charge on any atom is -0.426 e. The van der Waals surface area contributed by atoms with Crippen LogP contribution in [0, 0.1) is 29.7 Å². The van der Waals surface area contributed by atoms with Gasteiger partial charge in [0.05, 0.1) is 5.92 Å². The maximum atomic E-state index is 12.6. The van der Waals surface area contributed by atoms with Gasteiger partial charge in [-0.2, -0.15) is 30.3 Å². The minimum absolute atomic E-state index is 0. The molecule has 30 heavy (non-hydrogen) atoms. The van der Waals surface area contributed by atoms with E-state index in [0.717, 1.165) is 41.7 Å². The third-order valence-corrected chi connectivity index (χ3v) is 6.96. The molecule has 0 spiro atoms. The van der Waals surface area contributed by atoms with Crippen molar-refractivity contribution in [2.75, 3.05) is 0 Å². The Kier molecular flexibility index (Phi) is 11.4. The van der Waals surface area contributed by atoms with E-state index in [0.29, 0.717) is 5.75 Å². The van der Waals surface area contributed by atoms with Gasteiger partial charge in [-0.3, -0.25) is 4.79 Å². The molecule has 0 unspecified atom stereocenters. The summed E-state index contributed by atoms with van der Waals surface area (Å²) in [6.07, 6.45) is 9.96. The predicted molar refractivity (Wildman–Crippen MR) is 113 cm³/mol. The average Bonchev–Trinajstić information content (AvgIpc) is 2.75. The Bertz CT molecular complexity index is 759. The van der Waals surface area contributed by atoms with Crippen LogP contribution in [0.25, 0.3) is 11.1 Å². The Labute approximate surface area is 232 Å². The number of carbonyl (C=O) groups excluding carboxylic acids is 1. The fraction of sp³-hybridized carbons (Fsp3) is 0.500. The van der Waals surface area contributed by atoms with Crippen molar-refractivity contribution in [3.05, 3.63) is 54.6 Å². The van der Waals surface area contributed by atoms with Gasteiger partial charge in [-0.1, -0.05) is 31.9 Å². The fourth-order valence-corrected chi connectivity index (χ4v) is 5.08. The molecular weight excluding hydrogens is 522 g/mol. The van der Waals surface area contributed by atoms with Gasteiger partial charge in [0.25, 0.3) is 0 Å². The van der Waals surface area contributed by atoms with Gasteiger partial charge in [0.15, 0.2) is 0 Å². The van der Waals surface area contributed by atoms with Crippen molar-refractivity contribution in [1.29, 1.82) is 0 Å². The first-order valence-corrected chi connectivity index (χ1v) is 11.0. The van der Waals surface area contributed by atoms with Gasteiger partial charge in [0.1, 0.15) is 5.75 Å². The molecule has 2 saturated carbocycles. The number of ether oxygens (including phenoxy) is 1. The van der Waals surface area contributed by atoms with Crippen LogP contribution in [0.5, 0.6) is 5.75 Å². The first-order valence-electron chi connectivity index (χ1n) is 11.0. The average molecular weight is 553 g/mol. The van der Waals surface area contributed by atoms with Crippen molar-refractivity contribution in [3.63, 3.8) is 0 Å². The molecule has 0 saturated heterocycles. The van der Waals surface area contributed by atoms with E-state index in [1.165, 1.54) is 38.5 Å². The maximum absolute atomic E-state index is 12.6. The van der Waals surface area contributed by atoms with Gasteiger partial charge in [-0.15, -0.1) is 5.56 Å². The number of carbonyl (C=O) groups is 1. The summed E-state index contributed by atoms with van der Waals surface area (Å²) in [5, 5.41) is 0. The molecule has 0 atom stereocenters. The van der Waals surface area contributed by atoms with Gasteiger partial charge in [-0.25, -0.2) is 0 Å². The second-order valence-electron chi connectivity index (χ2n) is 8.87. The third kappa shape index (κ3) is 7.06. The van der Waals surface area contributed by atoms with E-state index in [9.17, 15) is 4.79 Å². The molecule has 0 aliphatic heterocycles. The Morgan fingerprint density at radius 2 is 1.27 bits per heavy atom.